The van der Waals surface area contributed by atoms with Crippen LogP contribution in [0.4, 0.5) is 11.6 Å². The number of rotatable bonds is 5. The van der Waals surface area contributed by atoms with Gasteiger partial charge in [0, 0.05) is 19.6 Å². The second-order valence-corrected chi connectivity index (χ2v) is 4.71. The normalized spacial score (nSPS) is 18.0. The average Bonchev–Trinajstić information content (AvgIpc) is 2.82. The number of aromatic nitrogens is 1. The second-order valence-electron chi connectivity index (χ2n) is 4.71. The Morgan fingerprint density at radius 3 is 2.71 bits per heavy atom. The molecule has 94 valence electrons. The van der Waals surface area contributed by atoms with Crippen LogP contribution in [0.25, 0.3) is 0 Å². The van der Waals surface area contributed by atoms with Crippen molar-refractivity contribution < 1.29 is 0 Å². The number of likely N-dealkylation sites (tertiary alicyclic amines) is 1. The molecule has 1 saturated heterocycles. The van der Waals surface area contributed by atoms with Crippen LogP contribution < -0.4 is 10.6 Å². The summed E-state index contributed by atoms with van der Waals surface area (Å²) in [6.07, 6.45) is 2.69. The minimum atomic E-state index is 0.438. The van der Waals surface area contributed by atoms with Crippen molar-refractivity contribution in [1.29, 1.82) is 0 Å². The van der Waals surface area contributed by atoms with Gasteiger partial charge in [-0.15, -0.1) is 0 Å². The van der Waals surface area contributed by atoms with E-state index in [2.05, 4.69) is 27.4 Å². The number of hydrogen-bond acceptors (Lipinski definition) is 4. The smallest absolute Gasteiger partial charge is 0.128 e. The van der Waals surface area contributed by atoms with E-state index in [-0.39, 0.29) is 0 Å². The number of nitrogens with one attached hydrogen (secondary N) is 2. The van der Waals surface area contributed by atoms with E-state index < -0.39 is 0 Å². The van der Waals surface area contributed by atoms with Crippen LogP contribution in [0.1, 0.15) is 19.8 Å². The van der Waals surface area contributed by atoms with Crippen LogP contribution in [0.3, 0.4) is 0 Å². The molecular weight excluding hydrogens is 212 g/mol. The maximum Gasteiger partial charge on any atom is 0.128 e. The van der Waals surface area contributed by atoms with Gasteiger partial charge in [0.2, 0.25) is 0 Å². The molecular formula is C13H22N4. The van der Waals surface area contributed by atoms with Gasteiger partial charge in [0.1, 0.15) is 11.6 Å². The highest BCUT2D eigenvalue weighted by atomic mass is 15.2. The Hall–Kier alpha value is -1.29. The van der Waals surface area contributed by atoms with Crippen LogP contribution in [-0.2, 0) is 0 Å². The van der Waals surface area contributed by atoms with E-state index in [1.165, 1.54) is 25.9 Å². The van der Waals surface area contributed by atoms with E-state index in [4.69, 9.17) is 0 Å². The summed E-state index contributed by atoms with van der Waals surface area (Å²) in [5.41, 5.74) is 0. The number of pyridine rings is 1. The third kappa shape index (κ3) is 3.60. The highest BCUT2D eigenvalue weighted by molar-refractivity contribution is 5.45. The quantitative estimate of drug-likeness (QED) is 0.817. The maximum atomic E-state index is 4.47. The summed E-state index contributed by atoms with van der Waals surface area (Å²) in [6.45, 7) is 5.81. The van der Waals surface area contributed by atoms with Crippen LogP contribution in [0.5, 0.6) is 0 Å². The van der Waals surface area contributed by atoms with Crippen molar-refractivity contribution in [3.63, 3.8) is 0 Å². The Balaban J connectivity index is 1.85. The first kappa shape index (κ1) is 12.2. The Kier molecular flexibility index (Phi) is 4.20. The number of anilines is 2. The summed E-state index contributed by atoms with van der Waals surface area (Å²) < 4.78 is 0. The van der Waals surface area contributed by atoms with E-state index in [1.54, 1.807) is 0 Å². The van der Waals surface area contributed by atoms with Gasteiger partial charge in [-0.3, -0.25) is 0 Å². The summed E-state index contributed by atoms with van der Waals surface area (Å²) in [4.78, 5) is 6.98. The van der Waals surface area contributed by atoms with E-state index >= 15 is 0 Å². The van der Waals surface area contributed by atoms with Gasteiger partial charge in [-0.25, -0.2) is 4.98 Å². The highest BCUT2D eigenvalue weighted by Crippen LogP contribution is 2.12. The lowest BCUT2D eigenvalue weighted by Gasteiger charge is -2.21. The van der Waals surface area contributed by atoms with Gasteiger partial charge >= 0.3 is 0 Å². The summed E-state index contributed by atoms with van der Waals surface area (Å²) >= 11 is 0. The predicted molar refractivity (Wildman–Crippen MR) is 72.5 cm³/mol. The second kappa shape index (κ2) is 5.87. The SMILES string of the molecule is CNc1cccc(NC(C)CN2CCCC2)n1. The van der Waals surface area contributed by atoms with Crippen LogP contribution in [0.2, 0.25) is 0 Å². The minimum absolute atomic E-state index is 0.438. The van der Waals surface area contributed by atoms with Crippen LogP contribution in [0, 0.1) is 0 Å². The molecule has 0 spiro atoms. The molecule has 0 amide bonds. The van der Waals surface area contributed by atoms with Crippen molar-refractivity contribution in [2.45, 2.75) is 25.8 Å². The fourth-order valence-corrected chi connectivity index (χ4v) is 2.30. The lowest BCUT2D eigenvalue weighted by molar-refractivity contribution is 0.327. The van der Waals surface area contributed by atoms with E-state index in [0.717, 1.165) is 18.2 Å². The zero-order chi connectivity index (χ0) is 12.1. The molecule has 4 nitrogen and oxygen atoms in total. The van der Waals surface area contributed by atoms with Gasteiger partial charge in [-0.1, -0.05) is 6.07 Å². The van der Waals surface area contributed by atoms with Gasteiger partial charge in [0.05, 0.1) is 0 Å². The molecule has 1 atom stereocenters. The van der Waals surface area contributed by atoms with E-state index in [0.29, 0.717) is 6.04 Å². The Bertz CT molecular complexity index is 347. The molecule has 1 aromatic rings. The largest absolute Gasteiger partial charge is 0.373 e. The summed E-state index contributed by atoms with van der Waals surface area (Å²) in [5, 5.41) is 6.50. The molecule has 0 aliphatic carbocycles. The third-order valence-electron chi connectivity index (χ3n) is 3.13. The standard InChI is InChI=1S/C13H22N4/c1-11(10-17-8-3-4-9-17)15-13-7-5-6-12(14-2)16-13/h5-7,11H,3-4,8-10H2,1-2H3,(H2,14,15,16). The molecule has 2 rings (SSSR count). The Morgan fingerprint density at radius 1 is 1.29 bits per heavy atom. The molecule has 0 aromatic carbocycles. The first-order chi connectivity index (χ1) is 8.28. The fraction of sp³-hybridized carbons (Fsp3) is 0.615. The zero-order valence-corrected chi connectivity index (χ0v) is 10.7. The molecule has 1 aromatic heterocycles. The topological polar surface area (TPSA) is 40.2 Å². The minimum Gasteiger partial charge on any atom is -0.373 e. The molecule has 1 unspecified atom stereocenters. The van der Waals surface area contributed by atoms with Crippen molar-refractivity contribution >= 4 is 11.6 Å². The highest BCUT2D eigenvalue weighted by Gasteiger charge is 2.14. The molecule has 1 aliphatic rings. The van der Waals surface area contributed by atoms with Crippen molar-refractivity contribution in [3.8, 4) is 0 Å². The predicted octanol–water partition coefficient (Wildman–Crippen LogP) is 2.02. The monoisotopic (exact) mass is 234 g/mol. The first-order valence-electron chi connectivity index (χ1n) is 6.41. The van der Waals surface area contributed by atoms with Gasteiger partial charge in [-0.2, -0.15) is 0 Å². The molecule has 1 fully saturated rings. The van der Waals surface area contributed by atoms with Gasteiger partial charge in [-0.05, 0) is 45.0 Å². The lowest BCUT2D eigenvalue weighted by Crippen LogP contribution is -2.33. The maximum absolute atomic E-state index is 4.47. The summed E-state index contributed by atoms with van der Waals surface area (Å²) in [5.74, 6) is 1.85. The molecule has 17 heavy (non-hydrogen) atoms. The van der Waals surface area contributed by atoms with Gasteiger partial charge < -0.3 is 15.5 Å². The van der Waals surface area contributed by atoms with Crippen molar-refractivity contribution in [1.82, 2.24) is 9.88 Å². The van der Waals surface area contributed by atoms with Crippen molar-refractivity contribution in [2.24, 2.45) is 0 Å². The molecule has 4 heteroatoms. The Morgan fingerprint density at radius 2 is 2.00 bits per heavy atom. The fourth-order valence-electron chi connectivity index (χ4n) is 2.30. The molecule has 2 heterocycles. The summed E-state index contributed by atoms with van der Waals surface area (Å²) in [7, 11) is 1.89. The molecule has 0 bridgehead atoms. The van der Waals surface area contributed by atoms with Crippen LogP contribution in [-0.4, -0.2) is 42.6 Å². The molecule has 2 N–H and O–H groups in total. The average molecular weight is 234 g/mol. The van der Waals surface area contributed by atoms with Crippen LogP contribution in [0.15, 0.2) is 18.2 Å². The van der Waals surface area contributed by atoms with Gasteiger partial charge in [0.25, 0.3) is 0 Å². The Labute approximate surface area is 103 Å². The lowest BCUT2D eigenvalue weighted by atomic mass is 10.3. The first-order valence-corrected chi connectivity index (χ1v) is 6.41. The molecule has 0 saturated carbocycles. The van der Waals surface area contributed by atoms with E-state index in [9.17, 15) is 0 Å². The van der Waals surface area contributed by atoms with Gasteiger partial charge in [0.15, 0.2) is 0 Å². The number of hydrogen-bond donors (Lipinski definition) is 2. The van der Waals surface area contributed by atoms with E-state index in [1.807, 2.05) is 25.2 Å². The van der Waals surface area contributed by atoms with Crippen LogP contribution >= 0.6 is 0 Å². The molecule has 1 aliphatic heterocycles. The zero-order valence-electron chi connectivity index (χ0n) is 10.7. The van der Waals surface area contributed by atoms with Crippen molar-refractivity contribution in [3.05, 3.63) is 18.2 Å². The third-order valence-corrected chi connectivity index (χ3v) is 3.13. The van der Waals surface area contributed by atoms with Crippen molar-refractivity contribution in [2.75, 3.05) is 37.3 Å². The number of nitrogens with zero attached hydrogens (tertiary/aromatic N) is 2. The summed E-state index contributed by atoms with van der Waals surface area (Å²) in [6, 6.07) is 6.44. The molecule has 0 radical (unpaired) electrons.